The molecular weight excluding hydrogens is 212 g/mol. The van der Waals surface area contributed by atoms with Crippen LogP contribution in [-0.2, 0) is 9.53 Å². The molecule has 2 N–H and O–H groups in total. The van der Waals surface area contributed by atoms with Crippen molar-refractivity contribution in [1.82, 2.24) is 10.2 Å². The molecule has 0 bridgehead atoms. The van der Waals surface area contributed by atoms with Gasteiger partial charge < -0.3 is 20.1 Å². The Balaban J connectivity index is 4.26. The van der Waals surface area contributed by atoms with Gasteiger partial charge in [-0.25, -0.2) is 4.79 Å². The van der Waals surface area contributed by atoms with E-state index in [1.165, 1.54) is 12.0 Å². The summed E-state index contributed by atoms with van der Waals surface area (Å²) in [5.41, 5.74) is 0. The van der Waals surface area contributed by atoms with Crippen molar-refractivity contribution in [2.75, 3.05) is 26.8 Å². The predicted octanol–water partition coefficient (Wildman–Crippen LogP) is 0.527. The third-order valence-corrected chi connectivity index (χ3v) is 2.27. The highest BCUT2D eigenvalue weighted by Crippen LogP contribution is 2.03. The van der Waals surface area contributed by atoms with Gasteiger partial charge in [0.1, 0.15) is 6.54 Å². The van der Waals surface area contributed by atoms with E-state index in [9.17, 15) is 9.59 Å². The molecule has 0 saturated carbocycles. The Labute approximate surface area is 95.6 Å². The van der Waals surface area contributed by atoms with Crippen molar-refractivity contribution in [3.05, 3.63) is 0 Å². The molecule has 2 amide bonds. The lowest BCUT2D eigenvalue weighted by Gasteiger charge is -2.26. The average Bonchev–Trinajstić information content (AvgIpc) is 2.24. The Hall–Kier alpha value is -1.30. The predicted molar refractivity (Wildman–Crippen MR) is 59.4 cm³/mol. The zero-order valence-corrected chi connectivity index (χ0v) is 10.0. The van der Waals surface area contributed by atoms with E-state index in [4.69, 9.17) is 9.84 Å². The minimum absolute atomic E-state index is 0.0985. The molecule has 0 heterocycles. The van der Waals surface area contributed by atoms with Crippen LogP contribution in [0.5, 0.6) is 0 Å². The van der Waals surface area contributed by atoms with Crippen molar-refractivity contribution in [3.8, 4) is 0 Å². The Kier molecular flexibility index (Phi) is 7.28. The zero-order valence-electron chi connectivity index (χ0n) is 10.0. The summed E-state index contributed by atoms with van der Waals surface area (Å²) in [4.78, 5) is 23.6. The smallest absolute Gasteiger partial charge is 0.323 e. The summed E-state index contributed by atoms with van der Waals surface area (Å²) in [5.74, 6) is -1.01. The second-order valence-electron chi connectivity index (χ2n) is 3.50. The fourth-order valence-corrected chi connectivity index (χ4v) is 1.16. The normalized spacial score (nSPS) is 11.9. The van der Waals surface area contributed by atoms with Crippen LogP contribution < -0.4 is 5.32 Å². The lowest BCUT2D eigenvalue weighted by Crippen LogP contribution is -2.48. The standard InChI is InChI=1S/C10H20N2O4/c1-4-8(2)12(7-9(13)14)10(15)11-5-6-16-3/h8H,4-7H2,1-3H3,(H,11,15)(H,13,14). The lowest BCUT2D eigenvalue weighted by molar-refractivity contribution is -0.138. The van der Waals surface area contributed by atoms with Crippen LogP contribution in [0.3, 0.4) is 0 Å². The second kappa shape index (κ2) is 7.92. The van der Waals surface area contributed by atoms with E-state index in [1.807, 2.05) is 13.8 Å². The van der Waals surface area contributed by atoms with Gasteiger partial charge in [0.2, 0.25) is 0 Å². The van der Waals surface area contributed by atoms with Crippen LogP contribution in [0.1, 0.15) is 20.3 Å². The second-order valence-corrected chi connectivity index (χ2v) is 3.50. The number of carboxylic acid groups (broad SMARTS) is 1. The minimum Gasteiger partial charge on any atom is -0.480 e. The molecule has 94 valence electrons. The van der Waals surface area contributed by atoms with Gasteiger partial charge in [0, 0.05) is 19.7 Å². The summed E-state index contributed by atoms with van der Waals surface area (Å²) >= 11 is 0. The highest BCUT2D eigenvalue weighted by Gasteiger charge is 2.20. The van der Waals surface area contributed by atoms with E-state index in [2.05, 4.69) is 5.32 Å². The van der Waals surface area contributed by atoms with Crippen molar-refractivity contribution in [1.29, 1.82) is 0 Å². The van der Waals surface area contributed by atoms with E-state index in [1.54, 1.807) is 0 Å². The number of hydrogen-bond acceptors (Lipinski definition) is 3. The maximum absolute atomic E-state index is 11.6. The van der Waals surface area contributed by atoms with Crippen molar-refractivity contribution in [2.24, 2.45) is 0 Å². The van der Waals surface area contributed by atoms with Gasteiger partial charge in [-0.3, -0.25) is 4.79 Å². The van der Waals surface area contributed by atoms with Crippen LogP contribution in [0, 0.1) is 0 Å². The SMILES string of the molecule is CCC(C)N(CC(=O)O)C(=O)NCCOC. The van der Waals surface area contributed by atoms with Crippen molar-refractivity contribution in [2.45, 2.75) is 26.3 Å². The molecule has 0 aromatic rings. The number of nitrogens with zero attached hydrogens (tertiary/aromatic N) is 1. The topological polar surface area (TPSA) is 78.9 Å². The number of carbonyl (C=O) groups excluding carboxylic acids is 1. The highest BCUT2D eigenvalue weighted by molar-refractivity contribution is 5.80. The summed E-state index contributed by atoms with van der Waals surface area (Å²) in [6, 6.07) is -0.465. The molecule has 6 heteroatoms. The summed E-state index contributed by atoms with van der Waals surface area (Å²) in [6.07, 6.45) is 0.713. The lowest BCUT2D eigenvalue weighted by atomic mass is 10.2. The number of aliphatic carboxylic acids is 1. The van der Waals surface area contributed by atoms with Crippen LogP contribution in [0.2, 0.25) is 0 Å². The van der Waals surface area contributed by atoms with Gasteiger partial charge in [0.05, 0.1) is 6.61 Å². The van der Waals surface area contributed by atoms with Gasteiger partial charge in [-0.15, -0.1) is 0 Å². The summed E-state index contributed by atoms with van der Waals surface area (Å²) in [7, 11) is 1.54. The fourth-order valence-electron chi connectivity index (χ4n) is 1.16. The monoisotopic (exact) mass is 232 g/mol. The van der Waals surface area contributed by atoms with Crippen molar-refractivity contribution in [3.63, 3.8) is 0 Å². The molecule has 0 radical (unpaired) electrons. The van der Waals surface area contributed by atoms with E-state index in [0.717, 1.165) is 0 Å². The van der Waals surface area contributed by atoms with Crippen LogP contribution in [-0.4, -0.2) is 54.9 Å². The number of hydrogen-bond donors (Lipinski definition) is 2. The van der Waals surface area contributed by atoms with E-state index < -0.39 is 5.97 Å². The molecule has 1 unspecified atom stereocenters. The first-order chi connectivity index (χ1) is 7.52. The van der Waals surface area contributed by atoms with Gasteiger partial charge >= 0.3 is 12.0 Å². The van der Waals surface area contributed by atoms with Gasteiger partial charge in [-0.2, -0.15) is 0 Å². The Morgan fingerprint density at radius 2 is 2.12 bits per heavy atom. The van der Waals surface area contributed by atoms with E-state index >= 15 is 0 Å². The first-order valence-electron chi connectivity index (χ1n) is 5.28. The molecule has 0 aliphatic rings. The molecule has 0 saturated heterocycles. The highest BCUT2D eigenvalue weighted by atomic mass is 16.5. The van der Waals surface area contributed by atoms with Gasteiger partial charge in [0.15, 0.2) is 0 Å². The number of ether oxygens (including phenoxy) is 1. The van der Waals surface area contributed by atoms with Crippen LogP contribution in [0.25, 0.3) is 0 Å². The maximum Gasteiger partial charge on any atom is 0.323 e. The molecule has 1 atom stereocenters. The van der Waals surface area contributed by atoms with Crippen molar-refractivity contribution < 1.29 is 19.4 Å². The van der Waals surface area contributed by atoms with Gasteiger partial charge in [0.25, 0.3) is 0 Å². The molecule has 0 rings (SSSR count). The number of methoxy groups -OCH3 is 1. The van der Waals surface area contributed by atoms with Crippen LogP contribution >= 0.6 is 0 Å². The Bertz CT molecular complexity index is 233. The molecule has 0 spiro atoms. The molecule has 0 aromatic heterocycles. The zero-order chi connectivity index (χ0) is 12.6. The molecule has 0 fully saturated rings. The molecule has 0 aliphatic carbocycles. The van der Waals surface area contributed by atoms with E-state index in [0.29, 0.717) is 19.6 Å². The van der Waals surface area contributed by atoms with Gasteiger partial charge in [-0.1, -0.05) is 6.92 Å². The molecule has 0 aliphatic heterocycles. The first-order valence-corrected chi connectivity index (χ1v) is 5.28. The third kappa shape index (κ3) is 5.55. The summed E-state index contributed by atoms with van der Waals surface area (Å²) in [5, 5.41) is 11.3. The van der Waals surface area contributed by atoms with Crippen molar-refractivity contribution >= 4 is 12.0 Å². The molecular formula is C10H20N2O4. The van der Waals surface area contributed by atoms with E-state index in [-0.39, 0.29) is 18.6 Å². The molecule has 6 nitrogen and oxygen atoms in total. The summed E-state index contributed by atoms with van der Waals surface area (Å²) < 4.78 is 4.79. The number of nitrogens with one attached hydrogen (secondary N) is 1. The largest absolute Gasteiger partial charge is 0.480 e. The number of amides is 2. The van der Waals surface area contributed by atoms with Gasteiger partial charge in [-0.05, 0) is 13.3 Å². The fraction of sp³-hybridized carbons (Fsp3) is 0.800. The minimum atomic E-state index is -1.01. The quantitative estimate of drug-likeness (QED) is 0.627. The molecule has 16 heavy (non-hydrogen) atoms. The van der Waals surface area contributed by atoms with Crippen LogP contribution in [0.15, 0.2) is 0 Å². The third-order valence-electron chi connectivity index (χ3n) is 2.27. The number of carboxylic acids is 1. The number of rotatable bonds is 7. The molecule has 0 aromatic carbocycles. The number of urea groups is 1. The summed E-state index contributed by atoms with van der Waals surface area (Å²) in [6.45, 7) is 4.23. The number of carbonyl (C=O) groups is 2. The van der Waals surface area contributed by atoms with Crippen LogP contribution in [0.4, 0.5) is 4.79 Å². The average molecular weight is 232 g/mol. The maximum atomic E-state index is 11.6. The first kappa shape index (κ1) is 14.7. The Morgan fingerprint density at radius 1 is 1.50 bits per heavy atom. The Morgan fingerprint density at radius 3 is 2.56 bits per heavy atom.